The maximum Gasteiger partial charge on any atom is 0.251 e. The fraction of sp³-hybridized carbons (Fsp3) is 0.417. The Balaban J connectivity index is 1.51. The first-order valence-electron chi connectivity index (χ1n) is 10.2. The Hall–Kier alpha value is -2.64. The van der Waals surface area contributed by atoms with Gasteiger partial charge in [0.05, 0.1) is 0 Å². The van der Waals surface area contributed by atoms with E-state index >= 15 is 0 Å². The van der Waals surface area contributed by atoms with Gasteiger partial charge in [-0.05, 0) is 56.8 Å². The summed E-state index contributed by atoms with van der Waals surface area (Å²) >= 11 is 0. The van der Waals surface area contributed by atoms with Gasteiger partial charge in [0.25, 0.3) is 5.91 Å². The van der Waals surface area contributed by atoms with Crippen LogP contribution >= 0.6 is 0 Å². The van der Waals surface area contributed by atoms with Crippen molar-refractivity contribution in [2.75, 3.05) is 6.54 Å². The number of hydrogen-bond donors (Lipinski definition) is 2. The third kappa shape index (κ3) is 7.17. The Morgan fingerprint density at radius 1 is 1.18 bits per heavy atom. The van der Waals surface area contributed by atoms with Crippen LogP contribution in [0.1, 0.15) is 48.5 Å². The van der Waals surface area contributed by atoms with Crippen molar-refractivity contribution < 1.29 is 4.79 Å². The molecule has 0 radical (unpaired) electrons. The lowest BCUT2D eigenvalue weighted by Gasteiger charge is -2.20. The lowest BCUT2D eigenvalue weighted by molar-refractivity contribution is 0.0934. The number of aromatic nitrogens is 1. The number of rotatable bonds is 9. The Morgan fingerprint density at radius 2 is 1.93 bits per heavy atom. The van der Waals surface area contributed by atoms with Crippen molar-refractivity contribution in [2.45, 2.75) is 51.1 Å². The fourth-order valence-corrected chi connectivity index (χ4v) is 3.06. The van der Waals surface area contributed by atoms with E-state index in [-0.39, 0.29) is 11.9 Å². The molecule has 146 valence electrons. The summed E-state index contributed by atoms with van der Waals surface area (Å²) in [5.41, 5.74) is 1.87. The highest BCUT2D eigenvalue weighted by atomic mass is 16.1. The van der Waals surface area contributed by atoms with E-state index in [9.17, 15) is 4.79 Å². The van der Waals surface area contributed by atoms with Crippen LogP contribution in [0.15, 0.2) is 54.9 Å². The number of nitrogens with one attached hydrogen (secondary N) is 2. The van der Waals surface area contributed by atoms with Crippen LogP contribution in [-0.4, -0.2) is 29.5 Å². The van der Waals surface area contributed by atoms with Gasteiger partial charge in [-0.15, -0.1) is 5.92 Å². The third-order valence-corrected chi connectivity index (χ3v) is 4.88. The molecule has 1 fully saturated rings. The molecule has 0 bridgehead atoms. The van der Waals surface area contributed by atoms with Crippen LogP contribution in [0.5, 0.6) is 0 Å². The highest BCUT2D eigenvalue weighted by Crippen LogP contribution is 2.27. The zero-order valence-electron chi connectivity index (χ0n) is 16.5. The molecular formula is C24H29N3O. The second-order valence-electron chi connectivity index (χ2n) is 7.54. The van der Waals surface area contributed by atoms with Gasteiger partial charge in [-0.1, -0.05) is 36.3 Å². The Kier molecular flexibility index (Phi) is 7.63. The number of pyridine rings is 1. The highest BCUT2D eigenvalue weighted by Gasteiger charge is 2.18. The molecule has 1 amide bonds. The number of nitrogens with zero attached hydrogens (tertiary/aromatic N) is 1. The van der Waals surface area contributed by atoms with Gasteiger partial charge in [0, 0.05) is 42.4 Å². The topological polar surface area (TPSA) is 54.0 Å². The van der Waals surface area contributed by atoms with E-state index in [1.807, 2.05) is 18.2 Å². The minimum absolute atomic E-state index is 0.0494. The van der Waals surface area contributed by atoms with Crippen LogP contribution in [0.3, 0.4) is 0 Å². The maximum atomic E-state index is 12.6. The summed E-state index contributed by atoms with van der Waals surface area (Å²) in [6.07, 6.45) is 8.39. The summed E-state index contributed by atoms with van der Waals surface area (Å²) in [4.78, 5) is 16.6. The van der Waals surface area contributed by atoms with E-state index in [1.54, 1.807) is 24.5 Å². The third-order valence-electron chi connectivity index (χ3n) is 4.88. The predicted molar refractivity (Wildman–Crippen MR) is 113 cm³/mol. The van der Waals surface area contributed by atoms with Gasteiger partial charge in [-0.25, -0.2) is 0 Å². The van der Waals surface area contributed by atoms with Crippen LogP contribution in [-0.2, 0) is 6.42 Å². The SMILES string of the molecule is CC(CC#CC1CC1)NCC[C@H](Cc1ccccc1)NC(=O)c1ccncc1. The van der Waals surface area contributed by atoms with Gasteiger partial charge >= 0.3 is 0 Å². The minimum atomic E-state index is -0.0494. The van der Waals surface area contributed by atoms with Gasteiger partial charge in [0.2, 0.25) is 0 Å². The first-order valence-corrected chi connectivity index (χ1v) is 10.2. The second kappa shape index (κ2) is 10.6. The molecule has 1 aromatic carbocycles. The van der Waals surface area contributed by atoms with Gasteiger partial charge in [0.15, 0.2) is 0 Å². The van der Waals surface area contributed by atoms with Gasteiger partial charge in [0.1, 0.15) is 0 Å². The summed E-state index contributed by atoms with van der Waals surface area (Å²) in [6, 6.07) is 14.2. The second-order valence-corrected chi connectivity index (χ2v) is 7.54. The summed E-state index contributed by atoms with van der Waals surface area (Å²) in [5.74, 6) is 7.21. The number of benzene rings is 1. The van der Waals surface area contributed by atoms with E-state index in [2.05, 4.69) is 46.5 Å². The molecule has 1 aromatic heterocycles. The summed E-state index contributed by atoms with van der Waals surface area (Å²) in [6.45, 7) is 3.02. The normalized spacial score (nSPS) is 15.2. The van der Waals surface area contributed by atoms with Crippen molar-refractivity contribution in [3.63, 3.8) is 0 Å². The largest absolute Gasteiger partial charge is 0.349 e. The molecule has 2 aromatic rings. The molecule has 0 aliphatic heterocycles. The zero-order chi connectivity index (χ0) is 19.6. The quantitative estimate of drug-likeness (QED) is 0.659. The Labute approximate surface area is 168 Å². The number of carbonyl (C=O) groups is 1. The van der Waals surface area contributed by atoms with Crippen LogP contribution < -0.4 is 10.6 Å². The summed E-state index contributed by atoms with van der Waals surface area (Å²) in [7, 11) is 0. The van der Waals surface area contributed by atoms with E-state index in [0.29, 0.717) is 17.5 Å². The van der Waals surface area contributed by atoms with Crippen molar-refractivity contribution >= 4 is 5.91 Å². The molecule has 3 rings (SSSR count). The zero-order valence-corrected chi connectivity index (χ0v) is 16.5. The van der Waals surface area contributed by atoms with Crippen LogP contribution in [0, 0.1) is 17.8 Å². The first kappa shape index (κ1) is 20.1. The van der Waals surface area contributed by atoms with Crippen molar-refractivity contribution in [3.8, 4) is 11.8 Å². The molecule has 1 aliphatic rings. The average molecular weight is 376 g/mol. The number of carbonyl (C=O) groups excluding carboxylic acids is 1. The van der Waals surface area contributed by atoms with Crippen molar-refractivity contribution in [2.24, 2.45) is 5.92 Å². The standard InChI is InChI=1S/C24H29N3O/c1-19(6-5-9-20-10-11-20)26-17-14-23(18-21-7-3-2-4-8-21)27-24(28)22-12-15-25-16-13-22/h2-4,7-8,12-13,15-16,19-20,23,26H,6,10-11,14,17-18H2,1H3,(H,27,28)/t19?,23-/m1/s1. The van der Waals surface area contributed by atoms with E-state index < -0.39 is 0 Å². The van der Waals surface area contributed by atoms with Crippen LogP contribution in [0.4, 0.5) is 0 Å². The van der Waals surface area contributed by atoms with E-state index in [4.69, 9.17) is 0 Å². The molecule has 28 heavy (non-hydrogen) atoms. The van der Waals surface area contributed by atoms with Gasteiger partial charge in [-0.3, -0.25) is 9.78 Å². The fourth-order valence-electron chi connectivity index (χ4n) is 3.06. The minimum Gasteiger partial charge on any atom is -0.349 e. The first-order chi connectivity index (χ1) is 13.7. The van der Waals surface area contributed by atoms with Crippen molar-refractivity contribution in [1.82, 2.24) is 15.6 Å². The van der Waals surface area contributed by atoms with Gasteiger partial charge in [-0.2, -0.15) is 0 Å². The lowest BCUT2D eigenvalue weighted by atomic mass is 10.0. The average Bonchev–Trinajstić information content (AvgIpc) is 3.54. The molecule has 1 aliphatic carbocycles. The highest BCUT2D eigenvalue weighted by molar-refractivity contribution is 5.94. The van der Waals surface area contributed by atoms with Crippen LogP contribution in [0.25, 0.3) is 0 Å². The van der Waals surface area contributed by atoms with E-state index in [0.717, 1.165) is 25.8 Å². The molecule has 2 atom stereocenters. The molecule has 4 nitrogen and oxygen atoms in total. The molecule has 1 saturated carbocycles. The van der Waals surface area contributed by atoms with E-state index in [1.165, 1.54) is 18.4 Å². The number of hydrogen-bond acceptors (Lipinski definition) is 3. The summed E-state index contributed by atoms with van der Waals surface area (Å²) in [5, 5.41) is 6.73. The molecular weight excluding hydrogens is 346 g/mol. The predicted octanol–water partition coefficient (Wildman–Crippen LogP) is 3.59. The van der Waals surface area contributed by atoms with Crippen molar-refractivity contribution in [3.05, 3.63) is 66.0 Å². The Morgan fingerprint density at radius 3 is 2.64 bits per heavy atom. The smallest absolute Gasteiger partial charge is 0.251 e. The Bertz CT molecular complexity index is 791. The molecule has 2 N–H and O–H groups in total. The molecule has 0 spiro atoms. The summed E-state index contributed by atoms with van der Waals surface area (Å²) < 4.78 is 0. The maximum absolute atomic E-state index is 12.6. The molecule has 1 heterocycles. The molecule has 1 unspecified atom stereocenters. The van der Waals surface area contributed by atoms with Gasteiger partial charge < -0.3 is 10.6 Å². The van der Waals surface area contributed by atoms with Crippen LogP contribution in [0.2, 0.25) is 0 Å². The molecule has 0 saturated heterocycles. The monoisotopic (exact) mass is 375 g/mol. The number of amides is 1. The lowest BCUT2D eigenvalue weighted by Crippen LogP contribution is -2.39. The molecule has 4 heteroatoms. The van der Waals surface area contributed by atoms with Crippen molar-refractivity contribution in [1.29, 1.82) is 0 Å².